The van der Waals surface area contributed by atoms with Crippen molar-refractivity contribution < 1.29 is 4.39 Å². The summed E-state index contributed by atoms with van der Waals surface area (Å²) in [5.74, 6) is -0.165. The molecule has 1 aromatic rings. The van der Waals surface area contributed by atoms with Gasteiger partial charge < -0.3 is 0 Å². The zero-order valence-electron chi connectivity index (χ0n) is 11.6. The maximum Gasteiger partial charge on any atom is 0.123 e. The van der Waals surface area contributed by atoms with E-state index >= 15 is 0 Å². The Hall–Kier alpha value is -1.11. The molecule has 0 atom stereocenters. The number of hydrogen-bond acceptors (Lipinski definition) is 0. The summed E-state index contributed by atoms with van der Waals surface area (Å²) in [7, 11) is 0. The lowest BCUT2D eigenvalue weighted by atomic mass is 9.95. The first kappa shape index (κ1) is 15.9. The van der Waals surface area contributed by atoms with Gasteiger partial charge in [-0.05, 0) is 41.7 Å². The molecule has 0 fully saturated rings. The van der Waals surface area contributed by atoms with Gasteiger partial charge in [0, 0.05) is 0 Å². The first-order valence-electron chi connectivity index (χ1n) is 6.65. The third-order valence-corrected chi connectivity index (χ3v) is 2.52. The van der Waals surface area contributed by atoms with E-state index in [2.05, 4.69) is 20.4 Å². The Morgan fingerprint density at radius 2 is 1.82 bits per heavy atom. The molecule has 0 aromatic heterocycles. The van der Waals surface area contributed by atoms with Gasteiger partial charge in [0.2, 0.25) is 0 Å². The number of rotatable bonds is 5. The Morgan fingerprint density at radius 3 is 2.35 bits per heavy atom. The summed E-state index contributed by atoms with van der Waals surface area (Å²) in [4.78, 5) is 0. The zero-order valence-corrected chi connectivity index (χ0v) is 11.6. The van der Waals surface area contributed by atoms with Crippen LogP contribution in [0.2, 0.25) is 0 Å². The van der Waals surface area contributed by atoms with E-state index in [-0.39, 0.29) is 5.82 Å². The number of allylic oxidation sites excluding steroid dienone is 1. The van der Waals surface area contributed by atoms with Gasteiger partial charge in [-0.15, -0.1) is 0 Å². The van der Waals surface area contributed by atoms with Gasteiger partial charge in [-0.3, -0.25) is 0 Å². The largest absolute Gasteiger partial charge is 0.207 e. The molecule has 0 saturated heterocycles. The van der Waals surface area contributed by atoms with Gasteiger partial charge in [0.1, 0.15) is 5.82 Å². The fraction of sp³-hybridized carbons (Fsp3) is 0.500. The van der Waals surface area contributed by atoms with Gasteiger partial charge in [0.05, 0.1) is 0 Å². The van der Waals surface area contributed by atoms with Crippen LogP contribution in [-0.4, -0.2) is 0 Å². The second-order valence-corrected chi connectivity index (χ2v) is 3.91. The monoisotopic (exact) mass is 236 g/mol. The minimum Gasteiger partial charge on any atom is -0.207 e. The number of halogens is 1. The molecule has 0 aliphatic heterocycles. The molecule has 0 aliphatic carbocycles. The van der Waals surface area contributed by atoms with Crippen LogP contribution in [0.15, 0.2) is 24.8 Å². The Morgan fingerprint density at radius 1 is 1.18 bits per heavy atom. The molecule has 17 heavy (non-hydrogen) atoms. The lowest BCUT2D eigenvalue weighted by Gasteiger charge is -2.11. The summed E-state index contributed by atoms with van der Waals surface area (Å²) in [6.45, 7) is 12.3. The first-order chi connectivity index (χ1) is 8.19. The minimum atomic E-state index is -0.165. The highest BCUT2D eigenvalue weighted by atomic mass is 19.1. The molecule has 0 N–H and O–H groups in total. The summed E-state index contributed by atoms with van der Waals surface area (Å²) < 4.78 is 13.1. The van der Waals surface area contributed by atoms with Crippen molar-refractivity contribution in [3.05, 3.63) is 41.7 Å². The van der Waals surface area contributed by atoms with Crippen LogP contribution in [-0.2, 0) is 6.42 Å². The van der Waals surface area contributed by atoms with E-state index < -0.39 is 0 Å². The van der Waals surface area contributed by atoms with Crippen LogP contribution in [0, 0.1) is 5.82 Å². The highest BCUT2D eigenvalue weighted by Crippen LogP contribution is 2.24. The standard InChI is InChI=1S/C14H19F.C2H6/c1-4-6-11(3)14-10-13(15)9-8-12(14)7-5-2;1-2/h8-10H,3-7H2,1-2H3;1-2H3. The van der Waals surface area contributed by atoms with E-state index in [4.69, 9.17) is 0 Å². The number of aryl methyl sites for hydroxylation is 1. The van der Waals surface area contributed by atoms with Gasteiger partial charge in [-0.1, -0.05) is 53.2 Å². The van der Waals surface area contributed by atoms with Crippen LogP contribution >= 0.6 is 0 Å². The van der Waals surface area contributed by atoms with E-state index in [1.807, 2.05) is 19.9 Å². The van der Waals surface area contributed by atoms with Crippen LogP contribution in [0.3, 0.4) is 0 Å². The molecule has 0 heterocycles. The van der Waals surface area contributed by atoms with E-state index in [0.29, 0.717) is 0 Å². The Labute approximate surface area is 106 Å². The zero-order chi connectivity index (χ0) is 13.3. The molecule has 0 radical (unpaired) electrons. The maximum atomic E-state index is 13.1. The normalized spacial score (nSPS) is 9.47. The molecule has 0 amide bonds. The summed E-state index contributed by atoms with van der Waals surface area (Å²) in [6.07, 6.45) is 4.08. The molecule has 0 nitrogen and oxygen atoms in total. The fourth-order valence-electron chi connectivity index (χ4n) is 1.80. The topological polar surface area (TPSA) is 0 Å². The SMILES string of the molecule is C=C(CCC)c1cc(F)ccc1CCC.CC. The molecular weight excluding hydrogens is 211 g/mol. The molecule has 0 aliphatic rings. The van der Waals surface area contributed by atoms with Crippen molar-refractivity contribution in [2.75, 3.05) is 0 Å². The van der Waals surface area contributed by atoms with Crippen molar-refractivity contribution in [1.29, 1.82) is 0 Å². The lowest BCUT2D eigenvalue weighted by molar-refractivity contribution is 0.626. The highest BCUT2D eigenvalue weighted by molar-refractivity contribution is 5.66. The van der Waals surface area contributed by atoms with Crippen molar-refractivity contribution in [1.82, 2.24) is 0 Å². The second kappa shape index (κ2) is 8.98. The molecule has 0 bridgehead atoms. The number of benzene rings is 1. The molecular formula is C16H25F. The average molecular weight is 236 g/mol. The van der Waals surface area contributed by atoms with Crippen molar-refractivity contribution in [3.8, 4) is 0 Å². The lowest BCUT2D eigenvalue weighted by Crippen LogP contribution is -1.94. The predicted octanol–water partition coefficient (Wildman–Crippen LogP) is 5.62. The second-order valence-electron chi connectivity index (χ2n) is 3.91. The Bertz CT molecular complexity index is 339. The van der Waals surface area contributed by atoms with Gasteiger partial charge in [-0.2, -0.15) is 0 Å². The Kier molecular flexibility index (Phi) is 8.39. The Balaban J connectivity index is 0.00000121. The quantitative estimate of drug-likeness (QED) is 0.622. The maximum absolute atomic E-state index is 13.1. The smallest absolute Gasteiger partial charge is 0.123 e. The number of hydrogen-bond donors (Lipinski definition) is 0. The first-order valence-corrected chi connectivity index (χ1v) is 6.65. The van der Waals surface area contributed by atoms with Crippen LogP contribution in [0.1, 0.15) is 58.1 Å². The molecule has 1 heteroatoms. The summed E-state index contributed by atoms with van der Waals surface area (Å²) in [5.41, 5.74) is 3.29. The third-order valence-electron chi connectivity index (χ3n) is 2.52. The average Bonchev–Trinajstić information content (AvgIpc) is 2.34. The van der Waals surface area contributed by atoms with E-state index in [1.165, 1.54) is 11.6 Å². The van der Waals surface area contributed by atoms with E-state index in [1.54, 1.807) is 6.07 Å². The van der Waals surface area contributed by atoms with Gasteiger partial charge >= 0.3 is 0 Å². The van der Waals surface area contributed by atoms with E-state index in [0.717, 1.165) is 36.8 Å². The van der Waals surface area contributed by atoms with Crippen molar-refractivity contribution in [2.45, 2.75) is 53.4 Å². The van der Waals surface area contributed by atoms with Gasteiger partial charge in [-0.25, -0.2) is 4.39 Å². The summed E-state index contributed by atoms with van der Waals surface area (Å²) in [5, 5.41) is 0. The minimum absolute atomic E-state index is 0.165. The fourth-order valence-corrected chi connectivity index (χ4v) is 1.80. The summed E-state index contributed by atoms with van der Waals surface area (Å²) >= 11 is 0. The van der Waals surface area contributed by atoms with Crippen molar-refractivity contribution >= 4 is 5.57 Å². The van der Waals surface area contributed by atoms with Crippen LogP contribution in [0.4, 0.5) is 4.39 Å². The molecule has 1 aromatic carbocycles. The molecule has 0 spiro atoms. The molecule has 0 saturated carbocycles. The summed E-state index contributed by atoms with van der Waals surface area (Å²) in [6, 6.07) is 5.03. The van der Waals surface area contributed by atoms with Gasteiger partial charge in [0.25, 0.3) is 0 Å². The molecule has 96 valence electrons. The predicted molar refractivity (Wildman–Crippen MR) is 75.7 cm³/mol. The van der Waals surface area contributed by atoms with Crippen LogP contribution < -0.4 is 0 Å². The van der Waals surface area contributed by atoms with Crippen molar-refractivity contribution in [3.63, 3.8) is 0 Å². The van der Waals surface area contributed by atoms with Crippen LogP contribution in [0.25, 0.3) is 5.57 Å². The van der Waals surface area contributed by atoms with Crippen LogP contribution in [0.5, 0.6) is 0 Å². The van der Waals surface area contributed by atoms with Crippen molar-refractivity contribution in [2.24, 2.45) is 0 Å². The van der Waals surface area contributed by atoms with Gasteiger partial charge in [0.15, 0.2) is 0 Å². The molecule has 0 unspecified atom stereocenters. The third kappa shape index (κ3) is 5.16. The van der Waals surface area contributed by atoms with E-state index in [9.17, 15) is 4.39 Å². The molecule has 1 rings (SSSR count). The highest BCUT2D eigenvalue weighted by Gasteiger charge is 2.06.